The smallest absolute Gasteiger partial charge is 0.248 e. The number of carbonyl (C=O) groups is 1. The molecular formula is C21H26N2O5S. The Morgan fingerprint density at radius 3 is 2.24 bits per heavy atom. The standard InChI is InChI=1S/C21H26N2O5S/c1-5-23(6-2)29(25,26)18-11-7-16(8-12-18)9-14-21(24)22-19-15-17(27-3)10-13-20(19)28-4/h7-15H,5-6H2,1-4H3,(H,22,24)/b14-9+. The number of ether oxygens (including phenoxy) is 2. The van der Waals surface area contributed by atoms with Gasteiger partial charge in [-0.25, -0.2) is 8.42 Å². The third-order valence-corrected chi connectivity index (χ3v) is 6.38. The van der Waals surface area contributed by atoms with Gasteiger partial charge in [-0.3, -0.25) is 4.79 Å². The third kappa shape index (κ3) is 5.58. The number of nitrogens with zero attached hydrogens (tertiary/aromatic N) is 1. The minimum atomic E-state index is -3.50. The predicted octanol–water partition coefficient (Wildman–Crippen LogP) is 3.39. The van der Waals surface area contributed by atoms with Gasteiger partial charge in [-0.2, -0.15) is 4.31 Å². The maximum absolute atomic E-state index is 12.5. The van der Waals surface area contributed by atoms with E-state index in [1.165, 1.54) is 36.7 Å². The summed E-state index contributed by atoms with van der Waals surface area (Å²) in [6.45, 7) is 4.42. The predicted molar refractivity (Wildman–Crippen MR) is 114 cm³/mol. The summed E-state index contributed by atoms with van der Waals surface area (Å²) < 4.78 is 36.8. The number of anilines is 1. The Balaban J connectivity index is 2.12. The van der Waals surface area contributed by atoms with E-state index in [0.29, 0.717) is 35.8 Å². The second kappa shape index (κ2) is 10.1. The Bertz CT molecular complexity index is 965. The minimum Gasteiger partial charge on any atom is -0.497 e. The van der Waals surface area contributed by atoms with Crippen LogP contribution < -0.4 is 14.8 Å². The first kappa shape index (κ1) is 22.4. The molecule has 0 radical (unpaired) electrons. The van der Waals surface area contributed by atoms with E-state index in [2.05, 4.69) is 5.32 Å². The molecule has 0 saturated carbocycles. The van der Waals surface area contributed by atoms with E-state index >= 15 is 0 Å². The van der Waals surface area contributed by atoms with Gasteiger partial charge < -0.3 is 14.8 Å². The largest absolute Gasteiger partial charge is 0.497 e. The number of nitrogens with one attached hydrogen (secondary N) is 1. The van der Waals surface area contributed by atoms with Crippen LogP contribution in [0.2, 0.25) is 0 Å². The van der Waals surface area contributed by atoms with Crippen LogP contribution in [0.3, 0.4) is 0 Å². The van der Waals surface area contributed by atoms with Crippen molar-refractivity contribution in [2.24, 2.45) is 0 Å². The van der Waals surface area contributed by atoms with Gasteiger partial charge in [0.15, 0.2) is 0 Å². The van der Waals surface area contributed by atoms with Crippen molar-refractivity contribution < 1.29 is 22.7 Å². The van der Waals surface area contributed by atoms with Gasteiger partial charge in [0.25, 0.3) is 0 Å². The average Bonchev–Trinajstić information content (AvgIpc) is 2.73. The second-order valence-electron chi connectivity index (χ2n) is 6.05. The van der Waals surface area contributed by atoms with Crippen LogP contribution in [0.5, 0.6) is 11.5 Å². The summed E-state index contributed by atoms with van der Waals surface area (Å²) in [4.78, 5) is 12.5. The van der Waals surface area contributed by atoms with Crippen LogP contribution in [0.1, 0.15) is 19.4 Å². The summed E-state index contributed by atoms with van der Waals surface area (Å²) in [5.74, 6) is 0.755. The van der Waals surface area contributed by atoms with Crippen molar-refractivity contribution in [2.75, 3.05) is 32.6 Å². The Morgan fingerprint density at radius 1 is 1.03 bits per heavy atom. The molecule has 0 bridgehead atoms. The SMILES string of the molecule is CCN(CC)S(=O)(=O)c1ccc(/C=C/C(=O)Nc2cc(OC)ccc2OC)cc1. The molecule has 29 heavy (non-hydrogen) atoms. The van der Waals surface area contributed by atoms with E-state index in [0.717, 1.165) is 0 Å². The number of carbonyl (C=O) groups excluding carboxylic acids is 1. The van der Waals surface area contributed by atoms with Crippen molar-refractivity contribution in [1.82, 2.24) is 4.31 Å². The molecule has 0 saturated heterocycles. The molecule has 2 aromatic carbocycles. The van der Waals surface area contributed by atoms with Crippen LogP contribution in [0.25, 0.3) is 6.08 Å². The van der Waals surface area contributed by atoms with Crippen molar-refractivity contribution in [2.45, 2.75) is 18.7 Å². The lowest BCUT2D eigenvalue weighted by atomic mass is 10.2. The summed E-state index contributed by atoms with van der Waals surface area (Å²) >= 11 is 0. The van der Waals surface area contributed by atoms with Gasteiger partial charge in [-0.05, 0) is 35.9 Å². The lowest BCUT2D eigenvalue weighted by molar-refractivity contribution is -0.111. The molecule has 0 aromatic heterocycles. The monoisotopic (exact) mass is 418 g/mol. The molecule has 2 aromatic rings. The highest BCUT2D eigenvalue weighted by atomic mass is 32.2. The van der Waals surface area contributed by atoms with E-state index in [1.54, 1.807) is 50.3 Å². The van der Waals surface area contributed by atoms with Crippen molar-refractivity contribution in [3.63, 3.8) is 0 Å². The molecule has 7 nitrogen and oxygen atoms in total. The van der Waals surface area contributed by atoms with Crippen LogP contribution in [-0.2, 0) is 14.8 Å². The first-order valence-electron chi connectivity index (χ1n) is 9.17. The van der Waals surface area contributed by atoms with Crippen molar-refractivity contribution in [1.29, 1.82) is 0 Å². The Labute approximate surface area is 172 Å². The molecule has 0 aliphatic rings. The highest BCUT2D eigenvalue weighted by molar-refractivity contribution is 7.89. The van der Waals surface area contributed by atoms with Crippen LogP contribution in [0.15, 0.2) is 53.4 Å². The van der Waals surface area contributed by atoms with Crippen LogP contribution >= 0.6 is 0 Å². The van der Waals surface area contributed by atoms with Gasteiger partial charge in [0.1, 0.15) is 11.5 Å². The van der Waals surface area contributed by atoms with Crippen molar-refractivity contribution >= 4 is 27.7 Å². The average molecular weight is 419 g/mol. The van der Waals surface area contributed by atoms with Gasteiger partial charge >= 0.3 is 0 Å². The Hall–Kier alpha value is -2.84. The number of hydrogen-bond acceptors (Lipinski definition) is 5. The van der Waals surface area contributed by atoms with Gasteiger partial charge in [0.05, 0.1) is 24.8 Å². The zero-order valence-corrected chi connectivity index (χ0v) is 17.8. The summed E-state index contributed by atoms with van der Waals surface area (Å²) in [6, 6.07) is 11.5. The normalized spacial score (nSPS) is 11.6. The molecule has 0 spiro atoms. The third-order valence-electron chi connectivity index (χ3n) is 4.31. The highest BCUT2D eigenvalue weighted by Crippen LogP contribution is 2.28. The number of methoxy groups -OCH3 is 2. The topological polar surface area (TPSA) is 84.9 Å². The fraction of sp³-hybridized carbons (Fsp3) is 0.286. The minimum absolute atomic E-state index is 0.226. The second-order valence-corrected chi connectivity index (χ2v) is 7.99. The molecule has 1 amide bonds. The summed E-state index contributed by atoms with van der Waals surface area (Å²) in [7, 11) is -0.446. The number of rotatable bonds is 9. The molecule has 0 atom stereocenters. The van der Waals surface area contributed by atoms with Crippen molar-refractivity contribution in [3.8, 4) is 11.5 Å². The number of sulfonamides is 1. The molecule has 1 N–H and O–H groups in total. The van der Waals surface area contributed by atoms with E-state index in [1.807, 2.05) is 0 Å². The zero-order chi connectivity index (χ0) is 21.4. The first-order chi connectivity index (χ1) is 13.8. The molecule has 8 heteroatoms. The Morgan fingerprint density at radius 2 is 1.69 bits per heavy atom. The highest BCUT2D eigenvalue weighted by Gasteiger charge is 2.20. The maximum atomic E-state index is 12.5. The molecule has 2 rings (SSSR count). The van der Waals surface area contributed by atoms with Crippen LogP contribution in [0, 0.1) is 0 Å². The molecule has 0 unspecified atom stereocenters. The molecule has 0 aliphatic carbocycles. The molecular weight excluding hydrogens is 392 g/mol. The summed E-state index contributed by atoms with van der Waals surface area (Å²) in [5.41, 5.74) is 1.19. The fourth-order valence-electron chi connectivity index (χ4n) is 2.72. The molecule has 0 aliphatic heterocycles. The van der Waals surface area contributed by atoms with Gasteiger partial charge in [0.2, 0.25) is 15.9 Å². The van der Waals surface area contributed by atoms with E-state index in [-0.39, 0.29) is 10.8 Å². The number of hydrogen-bond donors (Lipinski definition) is 1. The van der Waals surface area contributed by atoms with Gasteiger partial charge in [0, 0.05) is 25.2 Å². The molecule has 0 heterocycles. The van der Waals surface area contributed by atoms with E-state index in [4.69, 9.17) is 9.47 Å². The lowest BCUT2D eigenvalue weighted by Crippen LogP contribution is -2.30. The van der Waals surface area contributed by atoms with E-state index < -0.39 is 10.0 Å². The summed E-state index contributed by atoms with van der Waals surface area (Å²) in [5, 5.41) is 2.74. The van der Waals surface area contributed by atoms with Gasteiger partial charge in [-0.1, -0.05) is 26.0 Å². The van der Waals surface area contributed by atoms with E-state index in [9.17, 15) is 13.2 Å². The molecule has 0 fully saturated rings. The molecule has 156 valence electrons. The van der Waals surface area contributed by atoms with Crippen LogP contribution in [-0.4, -0.2) is 45.9 Å². The van der Waals surface area contributed by atoms with Crippen LogP contribution in [0.4, 0.5) is 5.69 Å². The summed E-state index contributed by atoms with van der Waals surface area (Å²) in [6.07, 6.45) is 2.97. The number of benzene rings is 2. The lowest BCUT2D eigenvalue weighted by Gasteiger charge is -2.18. The quantitative estimate of drug-likeness (QED) is 0.631. The van der Waals surface area contributed by atoms with Crippen molar-refractivity contribution in [3.05, 3.63) is 54.1 Å². The maximum Gasteiger partial charge on any atom is 0.248 e. The zero-order valence-electron chi connectivity index (χ0n) is 17.0. The first-order valence-corrected chi connectivity index (χ1v) is 10.6. The number of amides is 1. The fourth-order valence-corrected chi connectivity index (χ4v) is 4.18. The Kier molecular flexibility index (Phi) is 7.81. The van der Waals surface area contributed by atoms with Gasteiger partial charge in [-0.15, -0.1) is 0 Å².